The molecule has 0 spiro atoms. The van der Waals surface area contributed by atoms with E-state index >= 15 is 0 Å². The van der Waals surface area contributed by atoms with E-state index in [-0.39, 0.29) is 24.1 Å². The molecule has 0 saturated carbocycles. The summed E-state index contributed by atoms with van der Waals surface area (Å²) >= 11 is 1.49. The van der Waals surface area contributed by atoms with Gasteiger partial charge in [-0.25, -0.2) is 4.79 Å². The first-order valence-corrected chi connectivity index (χ1v) is 10.2. The minimum absolute atomic E-state index is 0.0833. The number of likely N-dealkylation sites (N-methyl/N-ethyl adjacent to an activating group) is 1. The number of urea groups is 1. The van der Waals surface area contributed by atoms with E-state index in [1.165, 1.54) is 16.2 Å². The van der Waals surface area contributed by atoms with Crippen LogP contribution in [0.3, 0.4) is 0 Å². The Kier molecular flexibility index (Phi) is 4.77. The van der Waals surface area contributed by atoms with Gasteiger partial charge in [0.1, 0.15) is 6.04 Å². The highest BCUT2D eigenvalue weighted by molar-refractivity contribution is 7.14. The number of aromatic amines is 1. The molecule has 1 aliphatic heterocycles. The van der Waals surface area contributed by atoms with E-state index in [0.29, 0.717) is 17.1 Å². The summed E-state index contributed by atoms with van der Waals surface area (Å²) in [5.41, 5.74) is 2.10. The summed E-state index contributed by atoms with van der Waals surface area (Å²) in [6, 6.07) is 10.4. The summed E-state index contributed by atoms with van der Waals surface area (Å²) in [7, 11) is 0. The lowest BCUT2D eigenvalue weighted by Gasteiger charge is -2.10. The topological polar surface area (TPSA) is 82.3 Å². The molecule has 1 atom stereocenters. The van der Waals surface area contributed by atoms with Crippen molar-refractivity contribution in [1.29, 1.82) is 0 Å². The molecule has 1 aliphatic rings. The summed E-state index contributed by atoms with van der Waals surface area (Å²) in [6.45, 7) is 4.15. The fourth-order valence-electron chi connectivity index (χ4n) is 3.64. The number of fused-ring (bicyclic) bond motifs is 1. The Morgan fingerprint density at radius 3 is 2.61 bits per heavy atom. The Hall–Kier alpha value is -2.93. The van der Waals surface area contributed by atoms with Gasteiger partial charge in [0.05, 0.1) is 10.6 Å². The standard InChI is InChI=1S/C21H21N3O3S/c1-3-12-9-10-17(28-12)19(25)18-14(13-7-5-6-8-15(13)22-18)11-16-20(26)24(4-2)21(27)23-16/h5-10,16,22H,3-4,11H2,1-2H3,(H,23,27)/t16-/m0/s1. The highest BCUT2D eigenvalue weighted by atomic mass is 32.1. The second-order valence-corrected chi connectivity index (χ2v) is 7.93. The number of aromatic nitrogens is 1. The van der Waals surface area contributed by atoms with Crippen LogP contribution in [0.4, 0.5) is 4.79 Å². The van der Waals surface area contributed by atoms with E-state index in [9.17, 15) is 14.4 Å². The molecule has 6 nitrogen and oxygen atoms in total. The second kappa shape index (κ2) is 7.24. The molecule has 1 aromatic carbocycles. The summed E-state index contributed by atoms with van der Waals surface area (Å²) in [4.78, 5) is 44.0. The molecule has 3 heterocycles. The van der Waals surface area contributed by atoms with Crippen molar-refractivity contribution in [2.75, 3.05) is 6.54 Å². The number of carbonyl (C=O) groups is 3. The Labute approximate surface area is 166 Å². The fraction of sp³-hybridized carbons (Fsp3) is 0.286. The summed E-state index contributed by atoms with van der Waals surface area (Å²) in [5.74, 6) is -0.333. The van der Waals surface area contributed by atoms with Gasteiger partial charge in [-0.1, -0.05) is 25.1 Å². The summed E-state index contributed by atoms with van der Waals surface area (Å²) < 4.78 is 0. The molecular weight excluding hydrogens is 374 g/mol. The zero-order valence-corrected chi connectivity index (χ0v) is 16.6. The van der Waals surface area contributed by atoms with Gasteiger partial charge in [-0.3, -0.25) is 14.5 Å². The monoisotopic (exact) mass is 395 g/mol. The van der Waals surface area contributed by atoms with Crippen molar-refractivity contribution in [3.8, 4) is 0 Å². The number of benzene rings is 1. The van der Waals surface area contributed by atoms with Gasteiger partial charge in [-0.2, -0.15) is 0 Å². The van der Waals surface area contributed by atoms with Crippen LogP contribution in [0.5, 0.6) is 0 Å². The average Bonchev–Trinajstić information content (AvgIpc) is 3.38. The third-order valence-corrected chi connectivity index (χ3v) is 6.33. The number of para-hydroxylation sites is 1. The molecule has 2 aromatic heterocycles. The van der Waals surface area contributed by atoms with E-state index in [2.05, 4.69) is 17.2 Å². The number of thiophene rings is 1. The van der Waals surface area contributed by atoms with Crippen LogP contribution in [0.2, 0.25) is 0 Å². The molecule has 4 rings (SSSR count). The summed E-state index contributed by atoms with van der Waals surface area (Å²) in [5, 5.41) is 3.64. The third kappa shape index (κ3) is 3.01. The number of H-pyrrole nitrogens is 1. The van der Waals surface area contributed by atoms with Crippen LogP contribution in [-0.4, -0.2) is 40.2 Å². The highest BCUT2D eigenvalue weighted by Gasteiger charge is 2.38. The van der Waals surface area contributed by atoms with Gasteiger partial charge in [-0.15, -0.1) is 11.3 Å². The van der Waals surface area contributed by atoms with Gasteiger partial charge in [0.15, 0.2) is 0 Å². The lowest BCUT2D eigenvalue weighted by molar-refractivity contribution is -0.127. The van der Waals surface area contributed by atoms with E-state index in [4.69, 9.17) is 0 Å². The maximum Gasteiger partial charge on any atom is 0.324 e. The van der Waals surface area contributed by atoms with Crippen LogP contribution >= 0.6 is 11.3 Å². The average molecular weight is 395 g/mol. The number of nitrogens with zero attached hydrogens (tertiary/aromatic N) is 1. The van der Waals surface area contributed by atoms with Gasteiger partial charge in [0, 0.05) is 28.7 Å². The number of amides is 3. The number of carbonyl (C=O) groups excluding carboxylic acids is 3. The van der Waals surface area contributed by atoms with Crippen molar-refractivity contribution in [2.24, 2.45) is 0 Å². The van der Waals surface area contributed by atoms with Crippen molar-refractivity contribution in [3.05, 3.63) is 57.4 Å². The normalized spacial score (nSPS) is 16.8. The molecule has 144 valence electrons. The Bertz CT molecular complexity index is 1080. The van der Waals surface area contributed by atoms with E-state index < -0.39 is 6.04 Å². The van der Waals surface area contributed by atoms with Crippen LogP contribution in [0.1, 0.15) is 39.7 Å². The van der Waals surface area contributed by atoms with Gasteiger partial charge in [0.25, 0.3) is 5.91 Å². The molecular formula is C21H21N3O3S. The molecule has 0 aliphatic carbocycles. The predicted molar refractivity (Wildman–Crippen MR) is 109 cm³/mol. The quantitative estimate of drug-likeness (QED) is 0.495. The number of imide groups is 1. The first-order valence-electron chi connectivity index (χ1n) is 9.38. The smallest absolute Gasteiger partial charge is 0.324 e. The molecule has 0 radical (unpaired) electrons. The SMILES string of the molecule is CCc1ccc(C(=O)c2[nH]c3ccccc3c2C[C@@H]2NC(=O)N(CC)C2=O)s1. The molecule has 3 aromatic rings. The minimum atomic E-state index is -0.659. The molecule has 2 N–H and O–H groups in total. The highest BCUT2D eigenvalue weighted by Crippen LogP contribution is 2.29. The number of rotatable bonds is 6. The Morgan fingerprint density at radius 2 is 1.93 bits per heavy atom. The summed E-state index contributed by atoms with van der Waals surface area (Å²) in [6.07, 6.45) is 1.16. The number of ketones is 1. The first kappa shape index (κ1) is 18.4. The van der Waals surface area contributed by atoms with Crippen LogP contribution < -0.4 is 5.32 Å². The van der Waals surface area contributed by atoms with Gasteiger partial charge in [-0.05, 0) is 37.1 Å². The van der Waals surface area contributed by atoms with Crippen molar-refractivity contribution in [2.45, 2.75) is 32.7 Å². The molecule has 7 heteroatoms. The maximum atomic E-state index is 13.2. The van der Waals surface area contributed by atoms with Crippen LogP contribution in [0.25, 0.3) is 10.9 Å². The number of nitrogens with one attached hydrogen (secondary N) is 2. The van der Waals surface area contributed by atoms with Crippen LogP contribution in [-0.2, 0) is 17.6 Å². The largest absolute Gasteiger partial charge is 0.352 e. The lowest BCUT2D eigenvalue weighted by atomic mass is 10.00. The number of aryl methyl sites for hydroxylation is 1. The predicted octanol–water partition coefficient (Wildman–Crippen LogP) is 3.51. The Morgan fingerprint density at radius 1 is 1.14 bits per heavy atom. The zero-order chi connectivity index (χ0) is 19.8. The van der Waals surface area contributed by atoms with E-state index in [0.717, 1.165) is 27.8 Å². The zero-order valence-electron chi connectivity index (χ0n) is 15.7. The van der Waals surface area contributed by atoms with Crippen LogP contribution in [0, 0.1) is 0 Å². The second-order valence-electron chi connectivity index (χ2n) is 6.76. The molecule has 1 fully saturated rings. The van der Waals surface area contributed by atoms with E-state index in [1.807, 2.05) is 36.4 Å². The molecule has 0 bridgehead atoms. The van der Waals surface area contributed by atoms with Gasteiger partial charge >= 0.3 is 6.03 Å². The first-order chi connectivity index (χ1) is 13.5. The fourth-order valence-corrected chi connectivity index (χ4v) is 4.53. The number of hydrogen-bond donors (Lipinski definition) is 2. The van der Waals surface area contributed by atoms with Gasteiger partial charge < -0.3 is 10.3 Å². The van der Waals surface area contributed by atoms with Crippen LogP contribution in [0.15, 0.2) is 36.4 Å². The lowest BCUT2D eigenvalue weighted by Crippen LogP contribution is -2.32. The third-order valence-electron chi connectivity index (χ3n) is 5.11. The molecule has 1 saturated heterocycles. The minimum Gasteiger partial charge on any atom is -0.352 e. The molecule has 0 unspecified atom stereocenters. The number of hydrogen-bond acceptors (Lipinski definition) is 4. The van der Waals surface area contributed by atoms with Crippen molar-refractivity contribution >= 4 is 40.0 Å². The molecule has 3 amide bonds. The van der Waals surface area contributed by atoms with Crippen molar-refractivity contribution in [3.63, 3.8) is 0 Å². The maximum absolute atomic E-state index is 13.2. The molecule has 28 heavy (non-hydrogen) atoms. The Balaban J connectivity index is 1.75. The van der Waals surface area contributed by atoms with Crippen molar-refractivity contribution in [1.82, 2.24) is 15.2 Å². The van der Waals surface area contributed by atoms with Gasteiger partial charge in [0.2, 0.25) is 5.78 Å². The van der Waals surface area contributed by atoms with E-state index in [1.54, 1.807) is 6.92 Å². The van der Waals surface area contributed by atoms with Crippen molar-refractivity contribution < 1.29 is 14.4 Å².